The molecule has 0 aliphatic carbocycles. The summed E-state index contributed by atoms with van der Waals surface area (Å²) in [7, 11) is 0. The van der Waals surface area contributed by atoms with Crippen molar-refractivity contribution in [2.24, 2.45) is 5.73 Å². The van der Waals surface area contributed by atoms with E-state index in [0.29, 0.717) is 28.6 Å². The van der Waals surface area contributed by atoms with Crippen LogP contribution in [0.3, 0.4) is 0 Å². The summed E-state index contributed by atoms with van der Waals surface area (Å²) in [6.45, 7) is 2.72. The summed E-state index contributed by atoms with van der Waals surface area (Å²) in [6, 6.07) is 11.0. The van der Waals surface area contributed by atoms with Crippen molar-refractivity contribution >= 4 is 29.0 Å². The summed E-state index contributed by atoms with van der Waals surface area (Å²) in [6.07, 6.45) is 7.71. The standard InChI is InChI=1S/C22H24ClN7O/c1-2-4-15(9-10-24)19-13-20(30(28-19)17-7-5-16(23)6-8-17)27-22(31)18-14-26-29-12-3-11-25-21(18)29/h3,5-8,11-15H,2,4,9-10,24H2,1H3,(H,27,31). The summed E-state index contributed by atoms with van der Waals surface area (Å²) < 4.78 is 3.29. The van der Waals surface area contributed by atoms with Crippen LogP contribution in [-0.2, 0) is 0 Å². The monoisotopic (exact) mass is 437 g/mol. The van der Waals surface area contributed by atoms with Crippen LogP contribution >= 0.6 is 11.6 Å². The van der Waals surface area contributed by atoms with Crippen molar-refractivity contribution in [2.75, 3.05) is 11.9 Å². The number of nitrogens with zero attached hydrogens (tertiary/aromatic N) is 5. The number of carbonyl (C=O) groups is 1. The summed E-state index contributed by atoms with van der Waals surface area (Å²) in [5.41, 5.74) is 8.41. The highest BCUT2D eigenvalue weighted by Gasteiger charge is 2.21. The molecular weight excluding hydrogens is 414 g/mol. The average Bonchev–Trinajstić information content (AvgIpc) is 3.39. The van der Waals surface area contributed by atoms with Gasteiger partial charge in [-0.2, -0.15) is 10.2 Å². The Hall–Kier alpha value is -3.23. The number of nitrogens with one attached hydrogen (secondary N) is 1. The largest absolute Gasteiger partial charge is 0.330 e. The topological polar surface area (TPSA) is 103 Å². The van der Waals surface area contributed by atoms with E-state index in [1.165, 1.54) is 6.20 Å². The zero-order chi connectivity index (χ0) is 21.8. The van der Waals surface area contributed by atoms with Crippen molar-refractivity contribution in [1.82, 2.24) is 24.4 Å². The van der Waals surface area contributed by atoms with Crippen LogP contribution in [0.1, 0.15) is 48.2 Å². The molecule has 1 atom stereocenters. The van der Waals surface area contributed by atoms with Gasteiger partial charge in [-0.1, -0.05) is 24.9 Å². The van der Waals surface area contributed by atoms with Crippen LogP contribution < -0.4 is 11.1 Å². The second kappa shape index (κ2) is 9.28. The lowest BCUT2D eigenvalue weighted by molar-refractivity contribution is 0.102. The third-order valence-corrected chi connectivity index (χ3v) is 5.39. The van der Waals surface area contributed by atoms with E-state index in [0.717, 1.165) is 30.6 Å². The highest BCUT2D eigenvalue weighted by molar-refractivity contribution is 6.30. The van der Waals surface area contributed by atoms with E-state index in [9.17, 15) is 4.79 Å². The van der Waals surface area contributed by atoms with Crippen LogP contribution in [0, 0.1) is 0 Å². The Balaban J connectivity index is 1.72. The molecule has 0 spiro atoms. The molecule has 0 saturated carbocycles. The van der Waals surface area contributed by atoms with Crippen molar-refractivity contribution in [3.63, 3.8) is 0 Å². The summed E-state index contributed by atoms with van der Waals surface area (Å²) in [5, 5.41) is 12.6. The maximum atomic E-state index is 13.1. The number of rotatable bonds is 8. The molecule has 1 amide bonds. The number of anilines is 1. The fraction of sp³-hybridized carbons (Fsp3) is 0.273. The molecule has 0 saturated heterocycles. The van der Waals surface area contributed by atoms with Gasteiger partial charge < -0.3 is 11.1 Å². The fourth-order valence-corrected chi connectivity index (χ4v) is 3.75. The van der Waals surface area contributed by atoms with E-state index in [2.05, 4.69) is 22.3 Å². The SMILES string of the molecule is CCCC(CCN)c1cc(NC(=O)c2cnn3cccnc23)n(-c2ccc(Cl)cc2)n1. The maximum Gasteiger partial charge on any atom is 0.262 e. The lowest BCUT2D eigenvalue weighted by atomic mass is 9.96. The maximum absolute atomic E-state index is 13.1. The van der Waals surface area contributed by atoms with Crippen LogP contribution in [-0.4, -0.2) is 36.8 Å². The second-order valence-corrected chi connectivity index (χ2v) is 7.74. The Morgan fingerprint density at radius 3 is 2.81 bits per heavy atom. The van der Waals surface area contributed by atoms with Gasteiger partial charge in [-0.15, -0.1) is 0 Å². The summed E-state index contributed by atoms with van der Waals surface area (Å²) >= 11 is 6.05. The number of halogens is 1. The third-order valence-electron chi connectivity index (χ3n) is 5.14. The summed E-state index contributed by atoms with van der Waals surface area (Å²) in [5.74, 6) is 0.481. The Morgan fingerprint density at radius 1 is 1.26 bits per heavy atom. The Labute approximate surface area is 185 Å². The number of aromatic nitrogens is 5. The number of fused-ring (bicyclic) bond motifs is 1. The van der Waals surface area contributed by atoms with Crippen LogP contribution in [0.5, 0.6) is 0 Å². The first kappa shape index (κ1) is 21.0. The van der Waals surface area contributed by atoms with Crippen molar-refractivity contribution in [2.45, 2.75) is 32.1 Å². The summed E-state index contributed by atoms with van der Waals surface area (Å²) in [4.78, 5) is 17.3. The molecule has 3 N–H and O–H groups in total. The van der Waals surface area contributed by atoms with Gasteiger partial charge in [-0.05, 0) is 49.7 Å². The number of amides is 1. The van der Waals surface area contributed by atoms with Gasteiger partial charge in [0.1, 0.15) is 11.4 Å². The van der Waals surface area contributed by atoms with Crippen molar-refractivity contribution < 1.29 is 4.79 Å². The molecule has 4 rings (SSSR count). The molecule has 0 aliphatic rings. The van der Waals surface area contributed by atoms with Gasteiger partial charge in [-0.25, -0.2) is 14.2 Å². The predicted molar refractivity (Wildman–Crippen MR) is 121 cm³/mol. The zero-order valence-electron chi connectivity index (χ0n) is 17.2. The van der Waals surface area contributed by atoms with Crippen molar-refractivity contribution in [3.05, 3.63) is 71.3 Å². The van der Waals surface area contributed by atoms with Gasteiger partial charge in [0, 0.05) is 29.4 Å². The molecule has 9 heteroatoms. The lowest BCUT2D eigenvalue weighted by Crippen LogP contribution is -2.15. The highest BCUT2D eigenvalue weighted by Crippen LogP contribution is 2.28. The number of nitrogens with two attached hydrogens (primary N) is 1. The number of hydrogen-bond acceptors (Lipinski definition) is 5. The van der Waals surface area contributed by atoms with E-state index >= 15 is 0 Å². The van der Waals surface area contributed by atoms with E-state index in [-0.39, 0.29) is 11.8 Å². The fourth-order valence-electron chi connectivity index (χ4n) is 3.63. The van der Waals surface area contributed by atoms with Crippen molar-refractivity contribution in [1.29, 1.82) is 0 Å². The van der Waals surface area contributed by atoms with E-state index in [1.54, 1.807) is 39.8 Å². The van der Waals surface area contributed by atoms with Gasteiger partial charge in [0.25, 0.3) is 5.91 Å². The first-order valence-electron chi connectivity index (χ1n) is 10.3. The Morgan fingerprint density at radius 2 is 2.06 bits per heavy atom. The zero-order valence-corrected chi connectivity index (χ0v) is 18.0. The Bertz CT molecular complexity index is 1180. The third kappa shape index (κ3) is 4.45. The van der Waals surface area contributed by atoms with E-state index < -0.39 is 0 Å². The molecule has 0 fully saturated rings. The molecule has 160 valence electrons. The number of hydrogen-bond donors (Lipinski definition) is 2. The van der Waals surface area contributed by atoms with E-state index in [1.807, 2.05) is 18.2 Å². The molecule has 1 aromatic carbocycles. The molecule has 3 heterocycles. The predicted octanol–water partition coefficient (Wildman–Crippen LogP) is 4.05. The van der Waals surface area contributed by atoms with Gasteiger partial charge in [0.05, 0.1) is 17.6 Å². The van der Waals surface area contributed by atoms with Gasteiger partial charge in [0.15, 0.2) is 5.65 Å². The molecule has 31 heavy (non-hydrogen) atoms. The molecule has 4 aromatic rings. The molecule has 3 aromatic heterocycles. The first-order valence-corrected chi connectivity index (χ1v) is 10.6. The smallest absolute Gasteiger partial charge is 0.262 e. The van der Waals surface area contributed by atoms with Crippen LogP contribution in [0.15, 0.2) is 55.0 Å². The average molecular weight is 438 g/mol. The minimum atomic E-state index is -0.304. The van der Waals surface area contributed by atoms with Crippen LogP contribution in [0.4, 0.5) is 5.82 Å². The molecule has 0 aliphatic heterocycles. The van der Waals surface area contributed by atoms with Crippen molar-refractivity contribution in [3.8, 4) is 5.69 Å². The number of carbonyl (C=O) groups excluding carboxylic acids is 1. The normalized spacial score (nSPS) is 12.2. The second-order valence-electron chi connectivity index (χ2n) is 7.31. The highest BCUT2D eigenvalue weighted by atomic mass is 35.5. The molecule has 1 unspecified atom stereocenters. The molecule has 0 bridgehead atoms. The minimum Gasteiger partial charge on any atom is -0.330 e. The van der Waals surface area contributed by atoms with Gasteiger partial charge in [0.2, 0.25) is 0 Å². The lowest BCUT2D eigenvalue weighted by Gasteiger charge is -2.11. The van der Waals surface area contributed by atoms with Crippen LogP contribution in [0.25, 0.3) is 11.3 Å². The molecular formula is C22H24ClN7O. The first-order chi connectivity index (χ1) is 15.1. The van der Waals surface area contributed by atoms with E-state index in [4.69, 9.17) is 22.4 Å². The van der Waals surface area contributed by atoms with Gasteiger partial charge in [-0.3, -0.25) is 4.79 Å². The quantitative estimate of drug-likeness (QED) is 0.432. The number of benzene rings is 1. The Kier molecular flexibility index (Phi) is 6.29. The molecule has 0 radical (unpaired) electrons. The van der Waals surface area contributed by atoms with Gasteiger partial charge >= 0.3 is 0 Å². The minimum absolute atomic E-state index is 0.220. The van der Waals surface area contributed by atoms with Crippen LogP contribution in [0.2, 0.25) is 5.02 Å². The molecule has 8 nitrogen and oxygen atoms in total.